The summed E-state index contributed by atoms with van der Waals surface area (Å²) in [5.74, 6) is 0.935. The molecule has 8 nitrogen and oxygen atoms in total. The van der Waals surface area contributed by atoms with Crippen molar-refractivity contribution in [2.45, 2.75) is 6.42 Å². The Bertz CT molecular complexity index is 772. The number of para-hydroxylation sites is 1. The van der Waals surface area contributed by atoms with Crippen LogP contribution in [0.4, 0.5) is 32.5 Å². The zero-order valence-electron chi connectivity index (χ0n) is 13.4. The van der Waals surface area contributed by atoms with Gasteiger partial charge in [0.05, 0.1) is 5.69 Å². The molecule has 0 aliphatic carbocycles. The fourth-order valence-corrected chi connectivity index (χ4v) is 2.82. The zero-order valence-corrected chi connectivity index (χ0v) is 13.4. The molecule has 1 fully saturated rings. The first-order chi connectivity index (χ1) is 12.0. The number of carboxylic acid groups (broad SMARTS) is 1. The molecule has 5 N–H and O–H groups in total. The number of nitrogens with one attached hydrogen (secondary N) is 2. The van der Waals surface area contributed by atoms with Crippen LogP contribution in [0.3, 0.4) is 0 Å². The molecule has 1 aromatic heterocycles. The Morgan fingerprint density at radius 3 is 2.96 bits per heavy atom. The fourth-order valence-electron chi connectivity index (χ4n) is 2.82. The molecule has 1 saturated heterocycles. The van der Waals surface area contributed by atoms with Crippen LogP contribution >= 0.6 is 0 Å². The average Bonchev–Trinajstić information content (AvgIpc) is 3.04. The molecule has 0 radical (unpaired) electrons. The molecule has 1 atom stereocenters. The van der Waals surface area contributed by atoms with E-state index in [1.54, 1.807) is 24.3 Å². The molecule has 1 amide bonds. The second-order valence-corrected chi connectivity index (χ2v) is 5.86. The van der Waals surface area contributed by atoms with E-state index in [1.165, 1.54) is 6.07 Å². The van der Waals surface area contributed by atoms with E-state index in [2.05, 4.69) is 20.6 Å². The highest BCUT2D eigenvalue weighted by molar-refractivity contribution is 5.64. The molecule has 2 aromatic rings. The second-order valence-electron chi connectivity index (χ2n) is 5.86. The Morgan fingerprint density at radius 1 is 1.40 bits per heavy atom. The van der Waals surface area contributed by atoms with Crippen molar-refractivity contribution < 1.29 is 14.3 Å². The molecule has 1 aromatic carbocycles. The molecule has 25 heavy (non-hydrogen) atoms. The Kier molecular flexibility index (Phi) is 4.82. The number of benzene rings is 1. The van der Waals surface area contributed by atoms with E-state index in [9.17, 15) is 9.18 Å². The van der Waals surface area contributed by atoms with Gasteiger partial charge in [0.1, 0.15) is 17.5 Å². The standard InChI is InChI=1S/C16H19FN6O2/c17-11-3-1-2-4-12(11)20-13-7-14(22-15(18)21-13)23-6-5-10(9-23)8-19-16(24)25/h1-4,7,10,19H,5-6,8-9H2,(H,24,25)(H3,18,20,21,22)/t10-/m1/s1. The zero-order chi connectivity index (χ0) is 17.8. The SMILES string of the molecule is Nc1nc(Nc2ccccc2F)cc(N2CC[C@H](CNC(=O)O)C2)n1. The number of halogens is 1. The predicted molar refractivity (Wildman–Crippen MR) is 92.5 cm³/mol. The lowest BCUT2D eigenvalue weighted by atomic mass is 10.1. The first-order valence-electron chi connectivity index (χ1n) is 7.89. The molecule has 3 rings (SSSR count). The highest BCUT2D eigenvalue weighted by Gasteiger charge is 2.24. The summed E-state index contributed by atoms with van der Waals surface area (Å²) < 4.78 is 13.8. The van der Waals surface area contributed by atoms with E-state index >= 15 is 0 Å². The third-order valence-electron chi connectivity index (χ3n) is 4.02. The molecule has 132 valence electrons. The maximum absolute atomic E-state index is 13.8. The first-order valence-corrected chi connectivity index (χ1v) is 7.89. The van der Waals surface area contributed by atoms with E-state index in [4.69, 9.17) is 10.8 Å². The van der Waals surface area contributed by atoms with Gasteiger partial charge in [-0.25, -0.2) is 9.18 Å². The molecule has 0 spiro atoms. The number of nitrogens with two attached hydrogens (primary N) is 1. The highest BCUT2D eigenvalue weighted by Crippen LogP contribution is 2.26. The summed E-state index contributed by atoms with van der Waals surface area (Å²) in [4.78, 5) is 20.9. The quantitative estimate of drug-likeness (QED) is 0.654. The lowest BCUT2D eigenvalue weighted by molar-refractivity contribution is 0.192. The number of nitrogens with zero attached hydrogens (tertiary/aromatic N) is 3. The topological polar surface area (TPSA) is 116 Å². The van der Waals surface area contributed by atoms with Gasteiger partial charge in [0.25, 0.3) is 0 Å². The van der Waals surface area contributed by atoms with Crippen LogP contribution in [0.1, 0.15) is 6.42 Å². The minimum Gasteiger partial charge on any atom is -0.465 e. The Labute approximate surface area is 143 Å². The number of hydrogen-bond donors (Lipinski definition) is 4. The van der Waals surface area contributed by atoms with E-state index in [-0.39, 0.29) is 17.7 Å². The molecular formula is C16H19FN6O2. The molecule has 0 bridgehead atoms. The van der Waals surface area contributed by atoms with Crippen LogP contribution in [-0.4, -0.2) is 40.8 Å². The van der Waals surface area contributed by atoms with Gasteiger partial charge in [0.15, 0.2) is 0 Å². The van der Waals surface area contributed by atoms with Crippen LogP contribution in [0.15, 0.2) is 30.3 Å². The number of amides is 1. The van der Waals surface area contributed by atoms with Crippen molar-refractivity contribution in [1.82, 2.24) is 15.3 Å². The normalized spacial score (nSPS) is 16.7. The largest absolute Gasteiger partial charge is 0.465 e. The Balaban J connectivity index is 1.72. The monoisotopic (exact) mass is 346 g/mol. The second kappa shape index (κ2) is 7.20. The van der Waals surface area contributed by atoms with Gasteiger partial charge in [-0.3, -0.25) is 0 Å². The smallest absolute Gasteiger partial charge is 0.404 e. The molecule has 9 heteroatoms. The molecule has 1 aliphatic rings. The minimum atomic E-state index is -1.03. The van der Waals surface area contributed by atoms with E-state index < -0.39 is 6.09 Å². The molecule has 0 saturated carbocycles. The number of rotatable bonds is 5. The summed E-state index contributed by atoms with van der Waals surface area (Å²) >= 11 is 0. The Morgan fingerprint density at radius 2 is 2.20 bits per heavy atom. The predicted octanol–water partition coefficient (Wildman–Crippen LogP) is 2.04. The lowest BCUT2D eigenvalue weighted by Crippen LogP contribution is -2.30. The van der Waals surface area contributed by atoms with Crippen molar-refractivity contribution in [3.63, 3.8) is 0 Å². The molecule has 2 heterocycles. The van der Waals surface area contributed by atoms with Crippen molar-refractivity contribution in [1.29, 1.82) is 0 Å². The molecular weight excluding hydrogens is 327 g/mol. The summed E-state index contributed by atoms with van der Waals surface area (Å²) in [6.45, 7) is 1.80. The van der Waals surface area contributed by atoms with Crippen molar-refractivity contribution in [2.24, 2.45) is 5.92 Å². The van der Waals surface area contributed by atoms with Crippen LogP contribution < -0.4 is 21.3 Å². The maximum atomic E-state index is 13.8. The highest BCUT2D eigenvalue weighted by atomic mass is 19.1. The van der Waals surface area contributed by atoms with Crippen LogP contribution in [0.25, 0.3) is 0 Å². The summed E-state index contributed by atoms with van der Waals surface area (Å²) in [7, 11) is 0. The van der Waals surface area contributed by atoms with Crippen molar-refractivity contribution in [2.75, 3.05) is 35.6 Å². The fraction of sp³-hybridized carbons (Fsp3) is 0.312. The van der Waals surface area contributed by atoms with Crippen molar-refractivity contribution in [3.05, 3.63) is 36.1 Å². The summed E-state index contributed by atoms with van der Waals surface area (Å²) in [6, 6.07) is 7.99. The number of anilines is 4. The van der Waals surface area contributed by atoms with Crippen LogP contribution in [0.5, 0.6) is 0 Å². The first kappa shape index (κ1) is 16.7. The van der Waals surface area contributed by atoms with Gasteiger partial charge < -0.3 is 26.4 Å². The summed E-state index contributed by atoms with van der Waals surface area (Å²) in [5, 5.41) is 14.0. The number of nitrogen functional groups attached to an aromatic ring is 1. The van der Waals surface area contributed by atoms with Gasteiger partial charge in [-0.1, -0.05) is 12.1 Å². The number of aromatic nitrogens is 2. The van der Waals surface area contributed by atoms with E-state index in [1.807, 2.05) is 4.90 Å². The van der Waals surface area contributed by atoms with Crippen LogP contribution in [0.2, 0.25) is 0 Å². The van der Waals surface area contributed by atoms with Crippen molar-refractivity contribution >= 4 is 29.4 Å². The summed E-state index contributed by atoms with van der Waals surface area (Å²) in [6.07, 6.45) is -0.179. The van der Waals surface area contributed by atoms with Gasteiger partial charge in [-0.2, -0.15) is 9.97 Å². The van der Waals surface area contributed by atoms with Crippen LogP contribution in [-0.2, 0) is 0 Å². The van der Waals surface area contributed by atoms with Gasteiger partial charge in [-0.15, -0.1) is 0 Å². The van der Waals surface area contributed by atoms with Gasteiger partial charge >= 0.3 is 6.09 Å². The lowest BCUT2D eigenvalue weighted by Gasteiger charge is -2.19. The minimum absolute atomic E-state index is 0.0865. The van der Waals surface area contributed by atoms with Crippen molar-refractivity contribution in [3.8, 4) is 0 Å². The van der Waals surface area contributed by atoms with E-state index in [0.29, 0.717) is 30.4 Å². The third-order valence-corrected chi connectivity index (χ3v) is 4.02. The van der Waals surface area contributed by atoms with Gasteiger partial charge in [-0.05, 0) is 24.5 Å². The van der Waals surface area contributed by atoms with Crippen LogP contribution in [0, 0.1) is 11.7 Å². The Hall–Kier alpha value is -3.10. The molecule has 1 aliphatic heterocycles. The molecule has 0 unspecified atom stereocenters. The third kappa shape index (κ3) is 4.25. The van der Waals surface area contributed by atoms with Gasteiger partial charge in [0, 0.05) is 25.7 Å². The van der Waals surface area contributed by atoms with Gasteiger partial charge in [0.2, 0.25) is 5.95 Å². The summed E-state index contributed by atoms with van der Waals surface area (Å²) in [5.41, 5.74) is 6.08. The number of hydrogen-bond acceptors (Lipinski definition) is 6. The average molecular weight is 346 g/mol. The maximum Gasteiger partial charge on any atom is 0.404 e. The van der Waals surface area contributed by atoms with E-state index in [0.717, 1.165) is 13.0 Å². The number of carbonyl (C=O) groups is 1.